The zero-order valence-electron chi connectivity index (χ0n) is 7.77. The van der Waals surface area contributed by atoms with E-state index >= 15 is 0 Å². The van der Waals surface area contributed by atoms with Crippen LogP contribution in [0.3, 0.4) is 0 Å². The van der Waals surface area contributed by atoms with Crippen LogP contribution in [0.4, 0.5) is 0 Å². The number of aliphatic hydroxyl groups is 1. The van der Waals surface area contributed by atoms with Crippen LogP contribution in [0.2, 0.25) is 0 Å². The molecule has 0 aliphatic rings. The van der Waals surface area contributed by atoms with Crippen LogP contribution < -0.4 is 5.32 Å². The van der Waals surface area contributed by atoms with Crippen LogP contribution in [0.5, 0.6) is 0 Å². The summed E-state index contributed by atoms with van der Waals surface area (Å²) >= 11 is 0. The number of unbranched alkanes of at least 4 members (excludes halogenated alkanes) is 2. The molecule has 0 bridgehead atoms. The first-order valence-electron chi connectivity index (χ1n) is 4.59. The maximum Gasteiger partial charge on any atom is 0.0931 e. The molecule has 0 aliphatic heterocycles. The van der Waals surface area contributed by atoms with Crippen LogP contribution in [0.25, 0.3) is 0 Å². The predicted molar refractivity (Wildman–Crippen MR) is 48.4 cm³/mol. The minimum Gasteiger partial charge on any atom is -0.381 e. The van der Waals surface area contributed by atoms with Crippen molar-refractivity contribution in [2.45, 2.75) is 39.5 Å². The van der Waals surface area contributed by atoms with Gasteiger partial charge in [-0.05, 0) is 18.9 Å². The second-order valence-corrected chi connectivity index (χ2v) is 3.40. The first-order chi connectivity index (χ1) is 5.27. The van der Waals surface area contributed by atoms with Gasteiger partial charge in [-0.1, -0.05) is 33.1 Å². The maximum absolute atomic E-state index is 8.40. The molecule has 0 heterocycles. The second kappa shape index (κ2) is 8.02. The minimum absolute atomic E-state index is 0.115. The van der Waals surface area contributed by atoms with E-state index in [-0.39, 0.29) is 6.73 Å². The fourth-order valence-electron chi connectivity index (χ4n) is 1.06. The van der Waals surface area contributed by atoms with Crippen LogP contribution in [0, 0.1) is 5.92 Å². The highest BCUT2D eigenvalue weighted by Crippen LogP contribution is 2.07. The summed E-state index contributed by atoms with van der Waals surface area (Å²) in [6.45, 7) is 5.58. The third kappa shape index (κ3) is 9.92. The summed E-state index contributed by atoms with van der Waals surface area (Å²) in [6.07, 6.45) is 5.13. The Kier molecular flexibility index (Phi) is 7.96. The van der Waals surface area contributed by atoms with E-state index < -0.39 is 0 Å². The zero-order chi connectivity index (χ0) is 8.53. The molecule has 0 atom stereocenters. The normalized spacial score (nSPS) is 10.9. The Morgan fingerprint density at radius 2 is 1.91 bits per heavy atom. The average Bonchev–Trinajstić information content (AvgIpc) is 1.96. The number of rotatable bonds is 7. The van der Waals surface area contributed by atoms with Crippen molar-refractivity contribution in [1.29, 1.82) is 0 Å². The highest BCUT2D eigenvalue weighted by Gasteiger charge is 1.93. The molecule has 0 rings (SSSR count). The Hall–Kier alpha value is -0.0800. The van der Waals surface area contributed by atoms with E-state index in [1.807, 2.05) is 0 Å². The average molecular weight is 159 g/mol. The summed E-state index contributed by atoms with van der Waals surface area (Å²) in [7, 11) is 0. The van der Waals surface area contributed by atoms with Crippen molar-refractivity contribution < 1.29 is 5.11 Å². The van der Waals surface area contributed by atoms with Gasteiger partial charge in [-0.3, -0.25) is 5.32 Å². The molecular formula is C9H21NO. The number of nitrogens with one attached hydrogen (secondary N) is 1. The van der Waals surface area contributed by atoms with Crippen molar-refractivity contribution in [3.05, 3.63) is 0 Å². The van der Waals surface area contributed by atoms with E-state index in [4.69, 9.17) is 5.11 Å². The summed E-state index contributed by atoms with van der Waals surface area (Å²) in [4.78, 5) is 0. The predicted octanol–water partition coefficient (Wildman–Crippen LogP) is 1.74. The molecule has 2 nitrogen and oxygen atoms in total. The molecule has 0 saturated heterocycles. The van der Waals surface area contributed by atoms with Crippen molar-refractivity contribution >= 4 is 0 Å². The fourth-order valence-corrected chi connectivity index (χ4v) is 1.06. The Morgan fingerprint density at radius 3 is 2.45 bits per heavy atom. The summed E-state index contributed by atoms with van der Waals surface area (Å²) in [5.41, 5.74) is 0. The van der Waals surface area contributed by atoms with Crippen LogP contribution >= 0.6 is 0 Å². The molecule has 11 heavy (non-hydrogen) atoms. The number of hydrogen-bond donors (Lipinski definition) is 2. The molecule has 0 amide bonds. The molecule has 2 heteroatoms. The first-order valence-corrected chi connectivity index (χ1v) is 4.59. The van der Waals surface area contributed by atoms with Gasteiger partial charge in [-0.25, -0.2) is 0 Å². The van der Waals surface area contributed by atoms with Crippen molar-refractivity contribution in [2.24, 2.45) is 5.92 Å². The lowest BCUT2D eigenvalue weighted by Gasteiger charge is -2.03. The monoisotopic (exact) mass is 159 g/mol. The van der Waals surface area contributed by atoms with Gasteiger partial charge in [0.2, 0.25) is 0 Å². The van der Waals surface area contributed by atoms with Gasteiger partial charge >= 0.3 is 0 Å². The lowest BCUT2D eigenvalue weighted by molar-refractivity contribution is 0.259. The fraction of sp³-hybridized carbons (Fsp3) is 1.00. The Morgan fingerprint density at radius 1 is 1.18 bits per heavy atom. The largest absolute Gasteiger partial charge is 0.381 e. The van der Waals surface area contributed by atoms with Gasteiger partial charge in [0.15, 0.2) is 0 Å². The molecule has 0 unspecified atom stereocenters. The highest BCUT2D eigenvalue weighted by molar-refractivity contribution is 4.48. The first kappa shape index (κ1) is 10.9. The summed E-state index contributed by atoms with van der Waals surface area (Å²) in [5.74, 6) is 0.834. The van der Waals surface area contributed by atoms with E-state index in [0.717, 1.165) is 12.5 Å². The van der Waals surface area contributed by atoms with Crippen molar-refractivity contribution in [3.8, 4) is 0 Å². The second-order valence-electron chi connectivity index (χ2n) is 3.40. The molecule has 0 aromatic carbocycles. The van der Waals surface area contributed by atoms with E-state index in [1.165, 1.54) is 25.7 Å². The van der Waals surface area contributed by atoms with Crippen LogP contribution in [-0.4, -0.2) is 18.4 Å². The summed E-state index contributed by atoms with van der Waals surface area (Å²) < 4.78 is 0. The molecule has 0 aromatic rings. The van der Waals surface area contributed by atoms with Gasteiger partial charge in [-0.15, -0.1) is 0 Å². The number of hydrogen-bond acceptors (Lipinski definition) is 2. The standard InChI is InChI=1S/C9H21NO/c1-9(2)6-4-3-5-7-10-8-11/h9-11H,3-8H2,1-2H3. The van der Waals surface area contributed by atoms with Gasteiger partial charge in [0.05, 0.1) is 6.73 Å². The van der Waals surface area contributed by atoms with E-state index in [1.54, 1.807) is 0 Å². The van der Waals surface area contributed by atoms with Gasteiger partial charge in [0.25, 0.3) is 0 Å². The van der Waals surface area contributed by atoms with E-state index in [2.05, 4.69) is 19.2 Å². The Balaban J connectivity index is 2.80. The highest BCUT2D eigenvalue weighted by atomic mass is 16.3. The zero-order valence-corrected chi connectivity index (χ0v) is 7.77. The Labute approximate surface area is 70.0 Å². The minimum atomic E-state index is 0.115. The molecule has 0 aliphatic carbocycles. The van der Waals surface area contributed by atoms with Crippen LogP contribution in [0.1, 0.15) is 39.5 Å². The van der Waals surface area contributed by atoms with Crippen LogP contribution in [-0.2, 0) is 0 Å². The van der Waals surface area contributed by atoms with Crippen molar-refractivity contribution in [2.75, 3.05) is 13.3 Å². The lowest BCUT2D eigenvalue weighted by Crippen LogP contribution is -2.15. The SMILES string of the molecule is CC(C)CCCCCNCO. The lowest BCUT2D eigenvalue weighted by atomic mass is 10.1. The smallest absolute Gasteiger partial charge is 0.0931 e. The maximum atomic E-state index is 8.40. The summed E-state index contributed by atoms with van der Waals surface area (Å²) in [5, 5.41) is 11.3. The van der Waals surface area contributed by atoms with Gasteiger partial charge < -0.3 is 5.11 Å². The third-order valence-corrected chi connectivity index (χ3v) is 1.75. The quantitative estimate of drug-likeness (QED) is 0.438. The topological polar surface area (TPSA) is 32.3 Å². The molecule has 0 aromatic heterocycles. The van der Waals surface area contributed by atoms with Gasteiger partial charge in [0.1, 0.15) is 0 Å². The third-order valence-electron chi connectivity index (χ3n) is 1.75. The molecule has 0 fully saturated rings. The molecule has 2 N–H and O–H groups in total. The van der Waals surface area contributed by atoms with Crippen molar-refractivity contribution in [3.63, 3.8) is 0 Å². The van der Waals surface area contributed by atoms with Gasteiger partial charge in [0, 0.05) is 0 Å². The molecule has 0 spiro atoms. The number of aliphatic hydroxyl groups excluding tert-OH is 1. The van der Waals surface area contributed by atoms with E-state index in [9.17, 15) is 0 Å². The summed E-state index contributed by atoms with van der Waals surface area (Å²) in [6, 6.07) is 0. The van der Waals surface area contributed by atoms with Crippen LogP contribution in [0.15, 0.2) is 0 Å². The van der Waals surface area contributed by atoms with Gasteiger partial charge in [-0.2, -0.15) is 0 Å². The molecule has 0 saturated carbocycles. The molecule has 0 radical (unpaired) electrons. The molecular weight excluding hydrogens is 138 g/mol. The Bertz CT molecular complexity index is 74.0. The van der Waals surface area contributed by atoms with E-state index in [0.29, 0.717) is 0 Å². The van der Waals surface area contributed by atoms with Crippen molar-refractivity contribution in [1.82, 2.24) is 5.32 Å². The molecule has 68 valence electrons.